The van der Waals surface area contributed by atoms with Crippen molar-refractivity contribution in [1.82, 2.24) is 9.78 Å². The average molecular weight is 183 g/mol. The second-order valence-electron chi connectivity index (χ2n) is 3.10. The zero-order valence-electron chi connectivity index (χ0n) is 7.64. The van der Waals surface area contributed by atoms with E-state index in [1.165, 1.54) is 0 Å². The maximum atomic E-state index is 10.6. The molecule has 72 valence electrons. The van der Waals surface area contributed by atoms with E-state index in [-0.39, 0.29) is 5.92 Å². The summed E-state index contributed by atoms with van der Waals surface area (Å²) in [5, 5.41) is 12.6. The summed E-state index contributed by atoms with van der Waals surface area (Å²) in [5.74, 6) is -1.21. The Morgan fingerprint density at radius 1 is 1.77 bits per heavy atom. The Kier molecular flexibility index (Phi) is 2.67. The van der Waals surface area contributed by atoms with Crippen molar-refractivity contribution < 1.29 is 9.90 Å². The molecule has 1 aromatic rings. The number of carboxylic acids is 1. The number of aromatic nitrogens is 2. The normalized spacial score (nSPS) is 15.3. The number of hydrogen-bond acceptors (Lipinski definition) is 3. The van der Waals surface area contributed by atoms with Gasteiger partial charge in [0.25, 0.3) is 0 Å². The Morgan fingerprint density at radius 2 is 2.38 bits per heavy atom. The quantitative estimate of drug-likeness (QED) is 0.687. The van der Waals surface area contributed by atoms with Gasteiger partial charge in [0.05, 0.1) is 6.20 Å². The van der Waals surface area contributed by atoms with Gasteiger partial charge in [-0.3, -0.25) is 9.48 Å². The maximum absolute atomic E-state index is 10.6. The van der Waals surface area contributed by atoms with E-state index >= 15 is 0 Å². The second-order valence-corrected chi connectivity index (χ2v) is 3.10. The molecule has 0 aromatic carbocycles. The molecule has 0 spiro atoms. The molecule has 0 aliphatic heterocycles. The molecular formula is C8H13N3O2. The molecule has 0 saturated heterocycles. The summed E-state index contributed by atoms with van der Waals surface area (Å²) in [4.78, 5) is 10.6. The average Bonchev–Trinajstić information content (AvgIpc) is 2.49. The van der Waals surface area contributed by atoms with E-state index in [2.05, 4.69) is 5.10 Å². The molecule has 1 aromatic heterocycles. The van der Waals surface area contributed by atoms with Gasteiger partial charge in [-0.25, -0.2) is 0 Å². The van der Waals surface area contributed by atoms with Gasteiger partial charge >= 0.3 is 5.97 Å². The van der Waals surface area contributed by atoms with Crippen LogP contribution in [-0.4, -0.2) is 26.9 Å². The molecule has 3 N–H and O–H groups in total. The Balaban J connectivity index is 2.78. The van der Waals surface area contributed by atoms with Crippen molar-refractivity contribution in [2.45, 2.75) is 18.9 Å². The number of rotatable bonds is 3. The van der Waals surface area contributed by atoms with Gasteiger partial charge in [0.1, 0.15) is 6.04 Å². The third-order valence-corrected chi connectivity index (χ3v) is 2.07. The highest BCUT2D eigenvalue weighted by Gasteiger charge is 2.22. The second kappa shape index (κ2) is 3.57. The van der Waals surface area contributed by atoms with Crippen LogP contribution in [0.15, 0.2) is 12.4 Å². The third kappa shape index (κ3) is 2.06. The van der Waals surface area contributed by atoms with Gasteiger partial charge in [0, 0.05) is 19.2 Å². The predicted octanol–water partition coefficient (Wildman–Crippen LogP) is -0.0645. The lowest BCUT2D eigenvalue weighted by Gasteiger charge is -2.13. The highest BCUT2D eigenvalue weighted by atomic mass is 16.4. The molecule has 0 bridgehead atoms. The minimum atomic E-state index is -0.989. The lowest BCUT2D eigenvalue weighted by Crippen LogP contribution is -2.35. The van der Waals surface area contributed by atoms with Crippen LogP contribution in [0.3, 0.4) is 0 Å². The van der Waals surface area contributed by atoms with Crippen molar-refractivity contribution in [1.29, 1.82) is 0 Å². The molecular weight excluding hydrogens is 170 g/mol. The highest BCUT2D eigenvalue weighted by Crippen LogP contribution is 2.16. The van der Waals surface area contributed by atoms with E-state index in [4.69, 9.17) is 10.8 Å². The molecule has 0 fully saturated rings. The first-order valence-electron chi connectivity index (χ1n) is 3.99. The molecule has 0 saturated carbocycles. The number of hydrogen-bond donors (Lipinski definition) is 2. The number of carbonyl (C=O) groups is 1. The van der Waals surface area contributed by atoms with Crippen LogP contribution in [0.2, 0.25) is 0 Å². The van der Waals surface area contributed by atoms with Crippen LogP contribution < -0.4 is 5.73 Å². The number of carboxylic acid groups (broad SMARTS) is 1. The number of aryl methyl sites for hydroxylation is 1. The summed E-state index contributed by atoms with van der Waals surface area (Å²) in [6.45, 7) is 1.77. The van der Waals surface area contributed by atoms with Crippen molar-refractivity contribution in [3.8, 4) is 0 Å². The molecule has 2 atom stereocenters. The first kappa shape index (κ1) is 9.73. The lowest BCUT2D eigenvalue weighted by molar-refractivity contribution is -0.139. The van der Waals surface area contributed by atoms with Crippen LogP contribution in [0.5, 0.6) is 0 Å². The summed E-state index contributed by atoms with van der Waals surface area (Å²) in [6, 6.07) is -0.871. The van der Waals surface area contributed by atoms with Gasteiger partial charge in [-0.1, -0.05) is 6.92 Å². The molecule has 5 heteroatoms. The standard InChI is InChI=1S/C8H13N3O2/c1-5(7(9)8(12)13)6-3-10-11(2)4-6/h3-5,7H,9H2,1-2H3,(H,12,13). The molecule has 1 heterocycles. The van der Waals surface area contributed by atoms with Gasteiger partial charge in [-0.2, -0.15) is 5.10 Å². The van der Waals surface area contributed by atoms with E-state index < -0.39 is 12.0 Å². The number of nitrogens with two attached hydrogens (primary N) is 1. The van der Waals surface area contributed by atoms with E-state index in [1.54, 1.807) is 31.0 Å². The van der Waals surface area contributed by atoms with Crippen LogP contribution >= 0.6 is 0 Å². The highest BCUT2D eigenvalue weighted by molar-refractivity contribution is 5.74. The molecule has 0 aliphatic carbocycles. The summed E-state index contributed by atoms with van der Waals surface area (Å²) >= 11 is 0. The monoisotopic (exact) mass is 183 g/mol. The lowest BCUT2D eigenvalue weighted by atomic mass is 9.97. The Morgan fingerprint density at radius 3 is 2.77 bits per heavy atom. The summed E-state index contributed by atoms with van der Waals surface area (Å²) < 4.78 is 1.63. The molecule has 2 unspecified atom stereocenters. The zero-order chi connectivity index (χ0) is 10.0. The van der Waals surface area contributed by atoms with Crippen molar-refractivity contribution in [2.75, 3.05) is 0 Å². The largest absolute Gasteiger partial charge is 0.480 e. The summed E-state index contributed by atoms with van der Waals surface area (Å²) in [6.07, 6.45) is 3.40. The van der Waals surface area contributed by atoms with Gasteiger partial charge in [-0.05, 0) is 5.56 Å². The molecule has 0 aliphatic rings. The minimum Gasteiger partial charge on any atom is -0.480 e. The Bertz CT molecular complexity index is 308. The minimum absolute atomic E-state index is 0.216. The van der Waals surface area contributed by atoms with Crippen molar-refractivity contribution in [3.63, 3.8) is 0 Å². The first-order chi connectivity index (χ1) is 6.02. The molecule has 13 heavy (non-hydrogen) atoms. The van der Waals surface area contributed by atoms with Gasteiger partial charge in [-0.15, -0.1) is 0 Å². The SMILES string of the molecule is CC(c1cnn(C)c1)C(N)C(=O)O. The van der Waals surface area contributed by atoms with Gasteiger partial charge in [0.15, 0.2) is 0 Å². The summed E-state index contributed by atoms with van der Waals surface area (Å²) in [7, 11) is 1.78. The Hall–Kier alpha value is -1.36. The predicted molar refractivity (Wildman–Crippen MR) is 47.2 cm³/mol. The van der Waals surface area contributed by atoms with E-state index in [9.17, 15) is 4.79 Å². The molecule has 5 nitrogen and oxygen atoms in total. The molecule has 1 rings (SSSR count). The van der Waals surface area contributed by atoms with Crippen molar-refractivity contribution in [2.24, 2.45) is 12.8 Å². The van der Waals surface area contributed by atoms with Gasteiger partial charge < -0.3 is 10.8 Å². The molecule has 0 radical (unpaired) electrons. The maximum Gasteiger partial charge on any atom is 0.321 e. The van der Waals surface area contributed by atoms with Crippen molar-refractivity contribution >= 4 is 5.97 Å². The van der Waals surface area contributed by atoms with E-state index in [1.807, 2.05) is 0 Å². The third-order valence-electron chi connectivity index (χ3n) is 2.07. The summed E-state index contributed by atoms with van der Waals surface area (Å²) in [5.41, 5.74) is 6.31. The first-order valence-corrected chi connectivity index (χ1v) is 3.99. The van der Waals surface area contributed by atoms with Crippen LogP contribution in [0.1, 0.15) is 18.4 Å². The smallest absolute Gasteiger partial charge is 0.321 e. The van der Waals surface area contributed by atoms with Crippen molar-refractivity contribution in [3.05, 3.63) is 18.0 Å². The molecule has 0 amide bonds. The van der Waals surface area contributed by atoms with E-state index in [0.29, 0.717) is 0 Å². The van der Waals surface area contributed by atoms with Gasteiger partial charge in [0.2, 0.25) is 0 Å². The van der Waals surface area contributed by atoms with E-state index in [0.717, 1.165) is 5.56 Å². The topological polar surface area (TPSA) is 81.1 Å². The van der Waals surface area contributed by atoms with Crippen LogP contribution in [-0.2, 0) is 11.8 Å². The number of nitrogens with zero attached hydrogens (tertiary/aromatic N) is 2. The Labute approximate surface area is 76.2 Å². The number of aliphatic carboxylic acids is 1. The fraction of sp³-hybridized carbons (Fsp3) is 0.500. The van der Waals surface area contributed by atoms with Crippen LogP contribution in [0.4, 0.5) is 0 Å². The fourth-order valence-corrected chi connectivity index (χ4v) is 1.10. The van der Waals surface area contributed by atoms with Crippen LogP contribution in [0, 0.1) is 0 Å². The zero-order valence-corrected chi connectivity index (χ0v) is 7.64. The van der Waals surface area contributed by atoms with Crippen LogP contribution in [0.25, 0.3) is 0 Å². The fourth-order valence-electron chi connectivity index (χ4n) is 1.10.